The molecule has 0 aromatic carbocycles. The van der Waals surface area contributed by atoms with E-state index in [0.717, 1.165) is 13.0 Å². The lowest BCUT2D eigenvalue weighted by Gasteiger charge is -2.65. The van der Waals surface area contributed by atoms with Crippen molar-refractivity contribution in [1.29, 1.82) is 0 Å². The third-order valence-electron chi connectivity index (χ3n) is 8.76. The fourth-order valence-electron chi connectivity index (χ4n) is 7.71. The zero-order chi connectivity index (χ0) is 20.4. The van der Waals surface area contributed by atoms with Crippen LogP contribution in [0.2, 0.25) is 0 Å². The topological polar surface area (TPSA) is 26.7 Å². The molecule has 1 N–H and O–H groups in total. The van der Waals surface area contributed by atoms with E-state index >= 15 is 0 Å². The monoisotopic (exact) mass is 410 g/mol. The normalized spacial score (nSPS) is 44.8. The van der Waals surface area contributed by atoms with Crippen molar-refractivity contribution in [3.05, 3.63) is 36.0 Å². The highest BCUT2D eigenvalue weighted by molar-refractivity contribution is 5.32. The van der Waals surface area contributed by atoms with Gasteiger partial charge < -0.3 is 10.0 Å². The number of aliphatic hydroxyl groups is 1. The quantitative estimate of drug-likeness (QED) is 0.573. The maximum Gasteiger partial charge on any atom is 0.0707 e. The van der Waals surface area contributed by atoms with Gasteiger partial charge in [-0.15, -0.1) is 0 Å². The smallest absolute Gasteiger partial charge is 0.0707 e. The highest BCUT2D eigenvalue weighted by Gasteiger charge is 2.61. The van der Waals surface area contributed by atoms with Gasteiger partial charge in [-0.25, -0.2) is 0 Å². The Balaban J connectivity index is 1.55. The summed E-state index contributed by atoms with van der Waals surface area (Å²) >= 11 is 0. The van der Waals surface area contributed by atoms with Crippen LogP contribution in [-0.4, -0.2) is 59.8 Å². The summed E-state index contributed by atoms with van der Waals surface area (Å²) in [6, 6.07) is 0.532. The molecule has 5 heterocycles. The van der Waals surface area contributed by atoms with Gasteiger partial charge in [-0.3, -0.25) is 4.90 Å². The highest BCUT2D eigenvalue weighted by atomic mass is 16.3. The second-order valence-electron chi connectivity index (χ2n) is 10.7. The lowest BCUT2D eigenvalue weighted by atomic mass is 9.51. The molecule has 3 heteroatoms. The molecule has 3 nitrogen and oxygen atoms in total. The minimum Gasteiger partial charge on any atom is -0.391 e. The first kappa shape index (κ1) is 21.0. The van der Waals surface area contributed by atoms with Crippen LogP contribution in [0, 0.1) is 17.3 Å². The van der Waals surface area contributed by atoms with E-state index in [1.165, 1.54) is 90.4 Å². The minimum atomic E-state index is -0.163. The second-order valence-corrected chi connectivity index (χ2v) is 10.7. The fraction of sp³-hybridized carbons (Fsp3) is 0.778. The zero-order valence-corrected chi connectivity index (χ0v) is 18.9. The standard InChI is InChI=1S/C27H42N2O/c30-24-20-28-16-12-8-4-1-2-6-10-14-22-18-23-19-29-17-13-9-5-3-7-11-15-27(21-28,25(23)24)26(22)29/h3,6-7,10,18,23-26,30H,1-2,4-5,8-9,11-17,19-21H2. The summed E-state index contributed by atoms with van der Waals surface area (Å²) in [5, 5.41) is 11.5. The van der Waals surface area contributed by atoms with Gasteiger partial charge >= 0.3 is 0 Å². The molecule has 6 aliphatic rings. The van der Waals surface area contributed by atoms with Gasteiger partial charge in [0.25, 0.3) is 0 Å². The molecule has 6 bridgehead atoms. The van der Waals surface area contributed by atoms with E-state index in [0.29, 0.717) is 17.9 Å². The Hall–Kier alpha value is -0.900. The number of hydrogen-bond acceptors (Lipinski definition) is 3. The SMILES string of the molecule is OC1CN2CCCCCCC=CCC3=CC4CN5CCCCC=CCCC(C2)(C14)C35. The number of hydrogen-bond donors (Lipinski definition) is 1. The molecule has 6 rings (SSSR count). The molecule has 2 saturated heterocycles. The number of nitrogens with zero attached hydrogens (tertiary/aromatic N) is 2. The summed E-state index contributed by atoms with van der Waals surface area (Å²) in [6.07, 6.45) is 26.2. The van der Waals surface area contributed by atoms with Gasteiger partial charge in [-0.1, -0.05) is 48.8 Å². The number of fused-ring (bicyclic) bond motifs is 1. The Morgan fingerprint density at radius 3 is 2.53 bits per heavy atom. The summed E-state index contributed by atoms with van der Waals surface area (Å²) < 4.78 is 0. The Bertz CT molecular complexity index is 682. The van der Waals surface area contributed by atoms with Gasteiger partial charge in [-0.05, 0) is 76.8 Å². The summed E-state index contributed by atoms with van der Waals surface area (Å²) in [5.41, 5.74) is 1.89. The third-order valence-corrected chi connectivity index (χ3v) is 8.76. The summed E-state index contributed by atoms with van der Waals surface area (Å²) in [5.74, 6) is 0.984. The Morgan fingerprint density at radius 1 is 0.833 bits per heavy atom. The van der Waals surface area contributed by atoms with E-state index in [4.69, 9.17) is 0 Å². The first-order valence-electron chi connectivity index (χ1n) is 12.9. The van der Waals surface area contributed by atoms with Crippen LogP contribution in [0.15, 0.2) is 36.0 Å². The molecular weight excluding hydrogens is 368 g/mol. The largest absolute Gasteiger partial charge is 0.391 e. The van der Waals surface area contributed by atoms with Crippen molar-refractivity contribution in [3.63, 3.8) is 0 Å². The van der Waals surface area contributed by atoms with Crippen molar-refractivity contribution >= 4 is 0 Å². The highest BCUT2D eigenvalue weighted by Crippen LogP contribution is 2.57. The van der Waals surface area contributed by atoms with E-state index in [9.17, 15) is 5.11 Å². The predicted molar refractivity (Wildman–Crippen MR) is 124 cm³/mol. The molecule has 5 aliphatic heterocycles. The Labute approximate surface area is 183 Å². The molecule has 0 saturated carbocycles. The molecule has 7 unspecified atom stereocenters. The Kier molecular flexibility index (Phi) is 6.50. The van der Waals surface area contributed by atoms with Gasteiger partial charge in [0, 0.05) is 37.0 Å². The molecule has 1 aliphatic carbocycles. The van der Waals surface area contributed by atoms with Crippen LogP contribution in [0.3, 0.4) is 0 Å². The average Bonchev–Trinajstić information content (AvgIpc) is 2.75. The minimum absolute atomic E-state index is 0.163. The molecule has 0 aromatic heterocycles. The average molecular weight is 411 g/mol. The van der Waals surface area contributed by atoms with Gasteiger partial charge in [0.05, 0.1) is 6.10 Å². The van der Waals surface area contributed by atoms with Crippen LogP contribution in [0.5, 0.6) is 0 Å². The number of piperidine rings is 2. The van der Waals surface area contributed by atoms with Crippen molar-refractivity contribution in [2.45, 2.75) is 82.8 Å². The number of allylic oxidation sites excluding steroid dienone is 4. The molecule has 166 valence electrons. The lowest BCUT2D eigenvalue weighted by molar-refractivity contribution is -0.159. The van der Waals surface area contributed by atoms with Gasteiger partial charge in [0.15, 0.2) is 0 Å². The molecule has 7 atom stereocenters. The lowest BCUT2D eigenvalue weighted by Crippen LogP contribution is -2.72. The molecule has 2 fully saturated rings. The molecule has 0 amide bonds. The maximum absolute atomic E-state index is 11.5. The van der Waals surface area contributed by atoms with Crippen LogP contribution < -0.4 is 0 Å². The molecular formula is C27H42N2O. The first-order chi connectivity index (χ1) is 14.8. The number of aliphatic hydroxyl groups excluding tert-OH is 1. The Morgan fingerprint density at radius 2 is 1.60 bits per heavy atom. The maximum atomic E-state index is 11.5. The van der Waals surface area contributed by atoms with Crippen molar-refractivity contribution in [2.75, 3.05) is 32.7 Å². The van der Waals surface area contributed by atoms with Crippen LogP contribution in [0.25, 0.3) is 0 Å². The van der Waals surface area contributed by atoms with E-state index in [-0.39, 0.29) is 11.5 Å². The fourth-order valence-corrected chi connectivity index (χ4v) is 7.71. The zero-order valence-electron chi connectivity index (χ0n) is 18.9. The number of rotatable bonds is 0. The first-order valence-corrected chi connectivity index (χ1v) is 12.9. The van der Waals surface area contributed by atoms with Gasteiger partial charge in [0.2, 0.25) is 0 Å². The van der Waals surface area contributed by atoms with E-state index < -0.39 is 0 Å². The van der Waals surface area contributed by atoms with Crippen molar-refractivity contribution in [1.82, 2.24) is 9.80 Å². The molecule has 0 radical (unpaired) electrons. The van der Waals surface area contributed by atoms with E-state index in [1.54, 1.807) is 5.57 Å². The van der Waals surface area contributed by atoms with Crippen LogP contribution in [0.4, 0.5) is 0 Å². The van der Waals surface area contributed by atoms with Crippen LogP contribution >= 0.6 is 0 Å². The summed E-state index contributed by atoms with van der Waals surface area (Å²) in [4.78, 5) is 5.51. The van der Waals surface area contributed by atoms with Crippen molar-refractivity contribution < 1.29 is 5.11 Å². The summed E-state index contributed by atoms with van der Waals surface area (Å²) in [6.45, 7) is 5.68. The van der Waals surface area contributed by atoms with Crippen molar-refractivity contribution in [3.8, 4) is 0 Å². The third kappa shape index (κ3) is 3.98. The molecule has 1 spiro atoms. The molecule has 30 heavy (non-hydrogen) atoms. The van der Waals surface area contributed by atoms with Crippen molar-refractivity contribution in [2.24, 2.45) is 17.3 Å². The van der Waals surface area contributed by atoms with Gasteiger partial charge in [0.1, 0.15) is 0 Å². The van der Waals surface area contributed by atoms with Crippen LogP contribution in [-0.2, 0) is 0 Å². The molecule has 0 aromatic rings. The second kappa shape index (κ2) is 9.30. The summed E-state index contributed by atoms with van der Waals surface area (Å²) in [7, 11) is 0. The van der Waals surface area contributed by atoms with Gasteiger partial charge in [-0.2, -0.15) is 0 Å². The van der Waals surface area contributed by atoms with E-state index in [2.05, 4.69) is 40.2 Å². The van der Waals surface area contributed by atoms with E-state index in [1.807, 2.05) is 0 Å². The predicted octanol–water partition coefficient (Wildman–Crippen LogP) is 4.94. The van der Waals surface area contributed by atoms with Crippen LogP contribution in [0.1, 0.15) is 70.6 Å².